The predicted octanol–water partition coefficient (Wildman–Crippen LogP) is 3.20. The van der Waals surface area contributed by atoms with E-state index in [1.165, 1.54) is 5.56 Å². The molecule has 0 aliphatic rings. The molecule has 1 aromatic rings. The van der Waals surface area contributed by atoms with E-state index in [0.29, 0.717) is 5.56 Å². The Kier molecular flexibility index (Phi) is 10.3. The highest BCUT2D eigenvalue weighted by atomic mass is 32.1. The van der Waals surface area contributed by atoms with Crippen LogP contribution in [-0.4, -0.2) is 49.4 Å². The van der Waals surface area contributed by atoms with Gasteiger partial charge in [-0.2, -0.15) is 0 Å². The third-order valence-corrected chi connectivity index (χ3v) is 3.95. The van der Waals surface area contributed by atoms with Crippen molar-refractivity contribution in [3.05, 3.63) is 48.0 Å². The summed E-state index contributed by atoms with van der Waals surface area (Å²) >= 11 is 4.21. The van der Waals surface area contributed by atoms with Gasteiger partial charge in [0.25, 0.3) is 0 Å². The summed E-state index contributed by atoms with van der Waals surface area (Å²) in [5.74, 6) is -0.636. The summed E-state index contributed by atoms with van der Waals surface area (Å²) in [4.78, 5) is 23.5. The standard InChI is InChI=1S/C20H28O6S/c1-5-15-7-9-16(10-8-15)18(22)20(3,4)26-19(27)25-14-12-23-11-13-24-17(21)6-2/h6-10,19,27H,2,5,11-14H2,1,3-4H3. The normalized spacial score (nSPS) is 12.4. The molecule has 1 unspecified atom stereocenters. The number of carbonyl (C=O) groups is 2. The fourth-order valence-corrected chi connectivity index (χ4v) is 2.52. The van der Waals surface area contributed by atoms with Crippen LogP contribution in [0.3, 0.4) is 0 Å². The molecule has 0 bridgehead atoms. The van der Waals surface area contributed by atoms with Crippen LogP contribution in [0.4, 0.5) is 0 Å². The lowest BCUT2D eigenvalue weighted by Gasteiger charge is -2.27. The Bertz CT molecular complexity index is 611. The summed E-state index contributed by atoms with van der Waals surface area (Å²) in [5, 5.41) is 0. The van der Waals surface area contributed by atoms with E-state index >= 15 is 0 Å². The number of benzene rings is 1. The van der Waals surface area contributed by atoms with Crippen molar-refractivity contribution in [2.75, 3.05) is 26.4 Å². The number of carbonyl (C=O) groups excluding carboxylic acids is 2. The summed E-state index contributed by atoms with van der Waals surface area (Å²) in [6.07, 6.45) is 2.01. The molecular weight excluding hydrogens is 368 g/mol. The van der Waals surface area contributed by atoms with Gasteiger partial charge < -0.3 is 18.9 Å². The average Bonchev–Trinajstić information content (AvgIpc) is 2.66. The van der Waals surface area contributed by atoms with Gasteiger partial charge in [-0.1, -0.05) is 37.8 Å². The highest BCUT2D eigenvalue weighted by molar-refractivity contribution is 7.80. The number of Topliss-reactive ketones (excluding diaryl/α,β-unsaturated/α-hetero) is 1. The van der Waals surface area contributed by atoms with E-state index < -0.39 is 17.2 Å². The Labute approximate surface area is 166 Å². The largest absolute Gasteiger partial charge is 0.460 e. The maximum Gasteiger partial charge on any atom is 0.330 e. The number of aryl methyl sites for hydroxylation is 1. The minimum absolute atomic E-state index is 0.143. The highest BCUT2D eigenvalue weighted by Crippen LogP contribution is 2.21. The molecule has 0 saturated carbocycles. The Morgan fingerprint density at radius 1 is 1.15 bits per heavy atom. The van der Waals surface area contributed by atoms with Crippen LogP contribution in [0.5, 0.6) is 0 Å². The lowest BCUT2D eigenvalue weighted by Crippen LogP contribution is -2.38. The van der Waals surface area contributed by atoms with Crippen molar-refractivity contribution in [3.63, 3.8) is 0 Å². The molecular formula is C20H28O6S. The zero-order chi connectivity index (χ0) is 20.3. The zero-order valence-corrected chi connectivity index (χ0v) is 17.0. The average molecular weight is 397 g/mol. The molecule has 0 aliphatic heterocycles. The first-order chi connectivity index (χ1) is 12.8. The molecule has 0 fully saturated rings. The Morgan fingerprint density at radius 3 is 2.37 bits per heavy atom. The fraction of sp³-hybridized carbons (Fsp3) is 0.500. The maximum atomic E-state index is 12.6. The monoisotopic (exact) mass is 396 g/mol. The van der Waals surface area contributed by atoms with Gasteiger partial charge in [0.1, 0.15) is 12.2 Å². The molecule has 0 heterocycles. The van der Waals surface area contributed by atoms with Gasteiger partial charge >= 0.3 is 5.97 Å². The fourth-order valence-electron chi connectivity index (χ4n) is 2.15. The number of ketones is 1. The molecule has 1 aromatic carbocycles. The predicted molar refractivity (Wildman–Crippen MR) is 106 cm³/mol. The number of hydrogen-bond donors (Lipinski definition) is 1. The molecule has 1 rings (SSSR count). The molecule has 7 heteroatoms. The van der Waals surface area contributed by atoms with Crippen LogP contribution in [-0.2, 0) is 30.2 Å². The summed E-state index contributed by atoms with van der Waals surface area (Å²) in [5.41, 5.74) is -0.212. The van der Waals surface area contributed by atoms with Crippen LogP contribution in [0.2, 0.25) is 0 Å². The molecule has 0 N–H and O–H groups in total. The minimum atomic E-state index is -1.08. The van der Waals surface area contributed by atoms with Crippen LogP contribution in [0.25, 0.3) is 0 Å². The first-order valence-electron chi connectivity index (χ1n) is 8.78. The Balaban J connectivity index is 2.32. The van der Waals surface area contributed by atoms with E-state index in [2.05, 4.69) is 26.1 Å². The first-order valence-corrected chi connectivity index (χ1v) is 9.30. The second-order valence-electron chi connectivity index (χ2n) is 6.17. The van der Waals surface area contributed by atoms with Gasteiger partial charge in [0.15, 0.2) is 5.78 Å². The zero-order valence-electron chi connectivity index (χ0n) is 16.1. The van der Waals surface area contributed by atoms with Crippen molar-refractivity contribution >= 4 is 24.4 Å². The van der Waals surface area contributed by atoms with Crippen molar-refractivity contribution < 1.29 is 28.5 Å². The second-order valence-corrected chi connectivity index (χ2v) is 6.59. The SMILES string of the molecule is C=CC(=O)OCCOCCOC(S)OC(C)(C)C(=O)c1ccc(CC)cc1. The smallest absolute Gasteiger partial charge is 0.330 e. The van der Waals surface area contributed by atoms with Gasteiger partial charge in [0.05, 0.1) is 19.8 Å². The molecule has 0 spiro atoms. The molecule has 6 nitrogen and oxygen atoms in total. The van der Waals surface area contributed by atoms with Crippen LogP contribution in [0.1, 0.15) is 36.7 Å². The minimum Gasteiger partial charge on any atom is -0.460 e. The number of ether oxygens (including phenoxy) is 4. The second kappa shape index (κ2) is 11.9. The Hall–Kier alpha value is -1.67. The van der Waals surface area contributed by atoms with Gasteiger partial charge in [-0.05, 0) is 25.8 Å². The van der Waals surface area contributed by atoms with Crippen LogP contribution in [0.15, 0.2) is 36.9 Å². The molecule has 0 amide bonds. The quantitative estimate of drug-likeness (QED) is 0.138. The number of thiol groups is 1. The van der Waals surface area contributed by atoms with Crippen molar-refractivity contribution in [3.8, 4) is 0 Å². The lowest BCUT2D eigenvalue weighted by atomic mass is 9.95. The number of hydrogen-bond acceptors (Lipinski definition) is 7. The van der Waals surface area contributed by atoms with E-state index in [-0.39, 0.29) is 32.2 Å². The summed E-state index contributed by atoms with van der Waals surface area (Å²) < 4.78 is 21.1. The first kappa shape index (κ1) is 23.4. The molecule has 150 valence electrons. The number of rotatable bonds is 13. The van der Waals surface area contributed by atoms with E-state index in [1.807, 2.05) is 12.1 Å². The maximum absolute atomic E-state index is 12.6. The summed E-state index contributed by atoms with van der Waals surface area (Å²) in [6, 6.07) is 7.46. The van der Waals surface area contributed by atoms with Crippen LogP contribution >= 0.6 is 12.6 Å². The molecule has 27 heavy (non-hydrogen) atoms. The van der Waals surface area contributed by atoms with Crippen molar-refractivity contribution in [1.29, 1.82) is 0 Å². The third kappa shape index (κ3) is 8.71. The lowest BCUT2D eigenvalue weighted by molar-refractivity contribution is -0.144. The van der Waals surface area contributed by atoms with Crippen LogP contribution in [0, 0.1) is 0 Å². The van der Waals surface area contributed by atoms with E-state index in [0.717, 1.165) is 12.5 Å². The molecule has 0 saturated heterocycles. The van der Waals surface area contributed by atoms with E-state index in [9.17, 15) is 9.59 Å². The van der Waals surface area contributed by atoms with Gasteiger partial charge in [0, 0.05) is 11.6 Å². The summed E-state index contributed by atoms with van der Waals surface area (Å²) in [7, 11) is 0. The Morgan fingerprint density at radius 2 is 1.78 bits per heavy atom. The van der Waals surface area contributed by atoms with Crippen molar-refractivity contribution in [2.45, 2.75) is 38.4 Å². The van der Waals surface area contributed by atoms with Crippen LogP contribution < -0.4 is 0 Å². The number of esters is 1. The van der Waals surface area contributed by atoms with E-state index in [4.69, 9.17) is 18.9 Å². The molecule has 0 aromatic heterocycles. The topological polar surface area (TPSA) is 71.1 Å². The van der Waals surface area contributed by atoms with Gasteiger partial charge in [-0.25, -0.2) is 4.79 Å². The molecule has 0 radical (unpaired) electrons. The van der Waals surface area contributed by atoms with Crippen molar-refractivity contribution in [2.24, 2.45) is 0 Å². The highest BCUT2D eigenvalue weighted by Gasteiger charge is 2.32. The van der Waals surface area contributed by atoms with Gasteiger partial charge in [-0.3, -0.25) is 4.79 Å². The van der Waals surface area contributed by atoms with E-state index in [1.54, 1.807) is 26.0 Å². The summed E-state index contributed by atoms with van der Waals surface area (Å²) in [6.45, 7) is 9.61. The molecule has 1 atom stereocenters. The third-order valence-electron chi connectivity index (χ3n) is 3.69. The molecule has 0 aliphatic carbocycles. The van der Waals surface area contributed by atoms with Crippen molar-refractivity contribution in [1.82, 2.24) is 0 Å². The van der Waals surface area contributed by atoms with Gasteiger partial charge in [-0.15, -0.1) is 12.6 Å². The van der Waals surface area contributed by atoms with Gasteiger partial charge in [0.2, 0.25) is 5.62 Å².